The van der Waals surface area contributed by atoms with Crippen molar-refractivity contribution in [2.24, 2.45) is 0 Å². The van der Waals surface area contributed by atoms with Gasteiger partial charge in [-0.15, -0.1) is 0 Å². The molecule has 4 aromatic rings. The molecule has 4 rings (SSSR count). The number of rotatable bonds is 6. The van der Waals surface area contributed by atoms with Crippen molar-refractivity contribution < 1.29 is 9.21 Å². The summed E-state index contributed by atoms with van der Waals surface area (Å²) in [4.78, 5) is 21.5. The van der Waals surface area contributed by atoms with E-state index in [1.54, 1.807) is 24.5 Å². The molecule has 140 valence electrons. The summed E-state index contributed by atoms with van der Waals surface area (Å²) in [7, 11) is 0. The van der Waals surface area contributed by atoms with E-state index < -0.39 is 0 Å². The number of hydrogen-bond donors (Lipinski definition) is 1. The molecule has 2 aromatic heterocycles. The first kappa shape index (κ1) is 18.5. The fraction of sp³-hybridized carbons (Fsp3) is 0.0952. The molecule has 28 heavy (non-hydrogen) atoms. The lowest BCUT2D eigenvalue weighted by Crippen LogP contribution is -2.24. The van der Waals surface area contributed by atoms with Crippen molar-refractivity contribution >= 4 is 40.2 Å². The Kier molecular flexibility index (Phi) is 5.60. The van der Waals surface area contributed by atoms with Crippen LogP contribution in [0.2, 0.25) is 5.02 Å². The maximum absolute atomic E-state index is 12.3. The van der Waals surface area contributed by atoms with Gasteiger partial charge in [-0.3, -0.25) is 4.79 Å². The van der Waals surface area contributed by atoms with Crippen molar-refractivity contribution in [1.29, 1.82) is 0 Å². The molecule has 0 atom stereocenters. The van der Waals surface area contributed by atoms with E-state index in [-0.39, 0.29) is 11.7 Å². The number of nitrogens with zero attached hydrogens (tertiary/aromatic N) is 2. The molecule has 1 N–H and O–H groups in total. The summed E-state index contributed by atoms with van der Waals surface area (Å²) in [6, 6.07) is 18.7. The van der Waals surface area contributed by atoms with Crippen molar-refractivity contribution in [3.05, 3.63) is 77.5 Å². The number of halogens is 1. The number of furan rings is 1. The first-order chi connectivity index (χ1) is 13.7. The maximum atomic E-state index is 12.3. The van der Waals surface area contributed by atoms with Crippen LogP contribution in [0, 0.1) is 0 Å². The lowest BCUT2D eigenvalue weighted by atomic mass is 10.2. The lowest BCUT2D eigenvalue weighted by Gasteiger charge is -2.08. The summed E-state index contributed by atoms with van der Waals surface area (Å²) in [5.74, 6) is 1.29. The first-order valence-electron chi connectivity index (χ1n) is 8.63. The molecule has 0 radical (unpaired) electrons. The fourth-order valence-electron chi connectivity index (χ4n) is 2.66. The zero-order valence-electron chi connectivity index (χ0n) is 14.8. The van der Waals surface area contributed by atoms with Crippen LogP contribution in [0.1, 0.15) is 5.56 Å². The van der Waals surface area contributed by atoms with Crippen molar-refractivity contribution in [3.63, 3.8) is 0 Å². The molecule has 5 nitrogen and oxygen atoms in total. The average molecular weight is 410 g/mol. The molecule has 7 heteroatoms. The first-order valence-corrected chi connectivity index (χ1v) is 10.00. The number of fused-ring (bicyclic) bond motifs is 1. The van der Waals surface area contributed by atoms with Crippen LogP contribution >= 0.6 is 23.4 Å². The van der Waals surface area contributed by atoms with Crippen LogP contribution in [0.25, 0.3) is 22.5 Å². The predicted molar refractivity (Wildman–Crippen MR) is 111 cm³/mol. The minimum absolute atomic E-state index is 0.0674. The lowest BCUT2D eigenvalue weighted by molar-refractivity contribution is -0.118. The zero-order chi connectivity index (χ0) is 19.3. The van der Waals surface area contributed by atoms with Crippen molar-refractivity contribution in [1.82, 2.24) is 15.3 Å². The molecule has 2 aromatic carbocycles. The minimum Gasteiger partial charge on any atom is -0.461 e. The third-order valence-corrected chi connectivity index (χ3v) is 5.30. The highest BCUT2D eigenvalue weighted by Gasteiger charge is 2.13. The van der Waals surface area contributed by atoms with Gasteiger partial charge in [0.25, 0.3) is 0 Å². The molecule has 0 saturated heterocycles. The highest BCUT2D eigenvalue weighted by atomic mass is 35.5. The van der Waals surface area contributed by atoms with E-state index in [2.05, 4.69) is 15.3 Å². The van der Waals surface area contributed by atoms with Crippen molar-refractivity contribution in [2.45, 2.75) is 11.6 Å². The molecule has 0 bridgehead atoms. The Labute approximate surface area is 171 Å². The van der Waals surface area contributed by atoms with E-state index in [4.69, 9.17) is 16.0 Å². The number of hydrogen-bond acceptors (Lipinski definition) is 5. The number of aromatic nitrogens is 2. The number of nitrogens with one attached hydrogen (secondary N) is 1. The second-order valence-electron chi connectivity index (χ2n) is 6.04. The van der Waals surface area contributed by atoms with Crippen LogP contribution < -0.4 is 5.32 Å². The van der Waals surface area contributed by atoms with Gasteiger partial charge in [-0.2, -0.15) is 0 Å². The van der Waals surface area contributed by atoms with E-state index in [1.165, 1.54) is 11.8 Å². The quantitative estimate of drug-likeness (QED) is 0.360. The third kappa shape index (κ3) is 4.35. The van der Waals surface area contributed by atoms with E-state index in [9.17, 15) is 4.79 Å². The van der Waals surface area contributed by atoms with Gasteiger partial charge in [0.2, 0.25) is 5.91 Å². The largest absolute Gasteiger partial charge is 0.461 e. The molecular weight excluding hydrogens is 394 g/mol. The standard InChI is InChI=1S/C21H16ClN3O2S/c22-15-9-7-14(8-10-15)12-23-19(26)13-28-21-16-4-1-2-5-17(16)24-20(25-21)18-6-3-11-27-18/h1-11H,12-13H2,(H,23,26). The molecule has 2 heterocycles. The number of carbonyl (C=O) groups excluding carboxylic acids is 1. The van der Waals surface area contributed by atoms with Gasteiger partial charge in [-0.05, 0) is 35.9 Å². The van der Waals surface area contributed by atoms with Crippen LogP contribution in [-0.2, 0) is 11.3 Å². The maximum Gasteiger partial charge on any atom is 0.230 e. The number of amides is 1. The number of benzene rings is 2. The molecule has 0 saturated carbocycles. The summed E-state index contributed by atoms with van der Waals surface area (Å²) in [6.07, 6.45) is 1.59. The van der Waals surface area contributed by atoms with Gasteiger partial charge >= 0.3 is 0 Å². The number of carbonyl (C=O) groups is 1. The molecule has 0 aliphatic carbocycles. The Bertz CT molecular complexity index is 1100. The fourth-order valence-corrected chi connectivity index (χ4v) is 3.64. The molecule has 0 spiro atoms. The van der Waals surface area contributed by atoms with Crippen LogP contribution in [0.4, 0.5) is 0 Å². The molecular formula is C21H16ClN3O2S. The second-order valence-corrected chi connectivity index (χ2v) is 7.44. The Balaban J connectivity index is 1.47. The zero-order valence-corrected chi connectivity index (χ0v) is 16.3. The highest BCUT2D eigenvalue weighted by molar-refractivity contribution is 8.00. The normalized spacial score (nSPS) is 10.9. The van der Waals surface area contributed by atoms with Gasteiger partial charge in [0.1, 0.15) is 5.03 Å². The van der Waals surface area contributed by atoms with E-state index in [1.807, 2.05) is 42.5 Å². The topological polar surface area (TPSA) is 68.0 Å². The Morgan fingerprint density at radius 1 is 1.04 bits per heavy atom. The van der Waals surface area contributed by atoms with Crippen LogP contribution in [0.15, 0.2) is 76.4 Å². The molecule has 0 aliphatic rings. The van der Waals surface area contributed by atoms with E-state index >= 15 is 0 Å². The van der Waals surface area contributed by atoms with Crippen LogP contribution in [-0.4, -0.2) is 21.6 Å². The van der Waals surface area contributed by atoms with E-state index in [0.717, 1.165) is 21.5 Å². The highest BCUT2D eigenvalue weighted by Crippen LogP contribution is 2.28. The van der Waals surface area contributed by atoms with Crippen LogP contribution in [0.5, 0.6) is 0 Å². The number of para-hydroxylation sites is 1. The predicted octanol–water partition coefficient (Wildman–Crippen LogP) is 4.95. The summed E-state index contributed by atoms with van der Waals surface area (Å²) < 4.78 is 5.42. The van der Waals surface area contributed by atoms with Gasteiger partial charge < -0.3 is 9.73 Å². The van der Waals surface area contributed by atoms with E-state index in [0.29, 0.717) is 23.2 Å². The molecule has 0 aliphatic heterocycles. The van der Waals surface area contributed by atoms with Gasteiger partial charge in [-0.25, -0.2) is 9.97 Å². The summed E-state index contributed by atoms with van der Waals surface area (Å²) in [6.45, 7) is 0.457. The third-order valence-electron chi connectivity index (χ3n) is 4.05. The second kappa shape index (κ2) is 8.46. The minimum atomic E-state index is -0.0674. The summed E-state index contributed by atoms with van der Waals surface area (Å²) >= 11 is 7.26. The molecule has 1 amide bonds. The van der Waals surface area contributed by atoms with Gasteiger partial charge in [0.05, 0.1) is 17.5 Å². The molecule has 0 fully saturated rings. The monoisotopic (exact) mass is 409 g/mol. The average Bonchev–Trinajstić information content (AvgIpc) is 3.26. The van der Waals surface area contributed by atoms with Gasteiger partial charge in [0.15, 0.2) is 11.6 Å². The SMILES string of the molecule is O=C(CSc1nc(-c2ccco2)nc2ccccc12)NCc1ccc(Cl)cc1. The van der Waals surface area contributed by atoms with Crippen molar-refractivity contribution in [3.8, 4) is 11.6 Å². The Hall–Kier alpha value is -2.83. The van der Waals surface area contributed by atoms with Crippen LogP contribution in [0.3, 0.4) is 0 Å². The smallest absolute Gasteiger partial charge is 0.230 e. The summed E-state index contributed by atoms with van der Waals surface area (Å²) in [5, 5.41) is 5.25. The van der Waals surface area contributed by atoms with Crippen molar-refractivity contribution in [2.75, 3.05) is 5.75 Å². The summed E-state index contributed by atoms with van der Waals surface area (Å²) in [5.41, 5.74) is 1.81. The Morgan fingerprint density at radius 3 is 2.64 bits per heavy atom. The van der Waals surface area contributed by atoms with Gasteiger partial charge in [0, 0.05) is 17.0 Å². The Morgan fingerprint density at radius 2 is 1.86 bits per heavy atom. The number of thioether (sulfide) groups is 1. The molecule has 0 unspecified atom stereocenters. The van der Waals surface area contributed by atoms with Gasteiger partial charge in [-0.1, -0.05) is 53.7 Å².